The summed E-state index contributed by atoms with van der Waals surface area (Å²) in [4.78, 5) is 24.7. The van der Waals surface area contributed by atoms with E-state index in [1.807, 2.05) is 60.7 Å². The molecular formula is C26H26N6O2S2. The Labute approximate surface area is 217 Å². The topological polar surface area (TPSA) is 110 Å². The number of anilines is 2. The van der Waals surface area contributed by atoms with Crippen molar-refractivity contribution < 1.29 is 9.59 Å². The molecule has 1 aliphatic carbocycles. The van der Waals surface area contributed by atoms with Gasteiger partial charge in [0.25, 0.3) is 0 Å². The molecule has 0 saturated heterocycles. The molecule has 0 aliphatic heterocycles. The van der Waals surface area contributed by atoms with E-state index in [4.69, 9.17) is 0 Å². The number of benzene rings is 2. The number of carbonyl (C=O) groups excluding carboxylic acids is 2. The van der Waals surface area contributed by atoms with Gasteiger partial charge in [-0.3, -0.25) is 9.59 Å². The highest BCUT2D eigenvalue weighted by atomic mass is 32.1. The van der Waals surface area contributed by atoms with E-state index in [1.165, 1.54) is 22.7 Å². The lowest BCUT2D eigenvalue weighted by atomic mass is 9.82. The van der Waals surface area contributed by atoms with Gasteiger partial charge in [0.15, 0.2) is 0 Å². The normalized spacial score (nSPS) is 17.4. The first-order valence-electron chi connectivity index (χ1n) is 12.0. The lowest BCUT2D eigenvalue weighted by Crippen LogP contribution is -2.14. The van der Waals surface area contributed by atoms with Gasteiger partial charge in [-0.05, 0) is 30.4 Å². The third-order valence-corrected chi connectivity index (χ3v) is 8.16. The maximum absolute atomic E-state index is 12.4. The molecule has 2 amide bonds. The van der Waals surface area contributed by atoms with Crippen LogP contribution in [0.4, 0.5) is 10.3 Å². The number of nitrogens with zero attached hydrogens (tertiary/aromatic N) is 4. The predicted octanol–water partition coefficient (Wildman–Crippen LogP) is 5.19. The van der Waals surface area contributed by atoms with Gasteiger partial charge in [-0.15, -0.1) is 20.4 Å². The zero-order valence-electron chi connectivity index (χ0n) is 19.6. The Morgan fingerprint density at radius 3 is 1.58 bits per heavy atom. The zero-order valence-corrected chi connectivity index (χ0v) is 21.2. The number of aromatic nitrogens is 4. The first-order chi connectivity index (χ1) is 17.6. The Morgan fingerprint density at radius 2 is 1.14 bits per heavy atom. The van der Waals surface area contributed by atoms with Crippen molar-refractivity contribution in [3.63, 3.8) is 0 Å². The van der Waals surface area contributed by atoms with Crippen LogP contribution < -0.4 is 10.6 Å². The van der Waals surface area contributed by atoms with E-state index in [2.05, 4.69) is 31.0 Å². The predicted molar refractivity (Wildman–Crippen MR) is 141 cm³/mol. The molecule has 2 atom stereocenters. The number of hydrogen-bond donors (Lipinski definition) is 2. The van der Waals surface area contributed by atoms with Gasteiger partial charge in [0.05, 0.1) is 12.8 Å². The van der Waals surface area contributed by atoms with E-state index in [0.717, 1.165) is 46.8 Å². The molecule has 0 unspecified atom stereocenters. The molecule has 5 rings (SSSR count). The Morgan fingerprint density at radius 1 is 0.694 bits per heavy atom. The second kappa shape index (κ2) is 11.5. The third kappa shape index (κ3) is 6.38. The van der Waals surface area contributed by atoms with Gasteiger partial charge in [-0.2, -0.15) is 0 Å². The van der Waals surface area contributed by atoms with Crippen molar-refractivity contribution in [3.8, 4) is 0 Å². The highest BCUT2D eigenvalue weighted by Gasteiger charge is 2.29. The van der Waals surface area contributed by atoms with Gasteiger partial charge in [0.1, 0.15) is 10.0 Å². The van der Waals surface area contributed by atoms with Crippen LogP contribution in [-0.4, -0.2) is 32.2 Å². The first kappa shape index (κ1) is 24.2. The minimum atomic E-state index is -0.0962. The van der Waals surface area contributed by atoms with E-state index >= 15 is 0 Å². The molecule has 0 radical (unpaired) electrons. The average molecular weight is 519 g/mol. The van der Waals surface area contributed by atoms with Crippen LogP contribution in [0.5, 0.6) is 0 Å². The van der Waals surface area contributed by atoms with Gasteiger partial charge in [-0.1, -0.05) is 89.8 Å². The molecule has 1 aliphatic rings. The molecule has 2 N–H and O–H groups in total. The van der Waals surface area contributed by atoms with Crippen LogP contribution in [0, 0.1) is 0 Å². The number of rotatable bonds is 8. The summed E-state index contributed by atoms with van der Waals surface area (Å²) in [7, 11) is 0. The van der Waals surface area contributed by atoms with E-state index in [1.54, 1.807) is 0 Å². The molecule has 2 heterocycles. The molecule has 4 aromatic rings. The van der Waals surface area contributed by atoms with Crippen LogP contribution in [0.25, 0.3) is 0 Å². The third-order valence-electron chi connectivity index (χ3n) is 6.16. The van der Waals surface area contributed by atoms with E-state index in [0.29, 0.717) is 23.1 Å². The van der Waals surface area contributed by atoms with Crippen molar-refractivity contribution in [2.45, 2.75) is 50.4 Å². The van der Waals surface area contributed by atoms with E-state index in [9.17, 15) is 9.59 Å². The average Bonchev–Trinajstić information content (AvgIpc) is 3.55. The Kier molecular flexibility index (Phi) is 7.73. The summed E-state index contributed by atoms with van der Waals surface area (Å²) in [5, 5.41) is 25.9. The van der Waals surface area contributed by atoms with Crippen molar-refractivity contribution in [3.05, 3.63) is 81.8 Å². The molecule has 2 aromatic carbocycles. The second-order valence-electron chi connectivity index (χ2n) is 8.87. The SMILES string of the molecule is O=C(Cc1ccccc1)Nc1nnc([C@@H]2CCC[C@@H](c3nnc(NC(=O)Cc4ccccc4)s3)C2)s1. The van der Waals surface area contributed by atoms with Crippen molar-refractivity contribution in [1.82, 2.24) is 20.4 Å². The summed E-state index contributed by atoms with van der Waals surface area (Å²) in [5.41, 5.74) is 1.92. The monoisotopic (exact) mass is 518 g/mol. The number of nitrogens with one attached hydrogen (secondary N) is 2. The summed E-state index contributed by atoms with van der Waals surface area (Å²) in [6.45, 7) is 0. The molecule has 0 bridgehead atoms. The molecular weight excluding hydrogens is 492 g/mol. The van der Waals surface area contributed by atoms with Crippen molar-refractivity contribution in [2.24, 2.45) is 0 Å². The van der Waals surface area contributed by atoms with E-state index in [-0.39, 0.29) is 23.7 Å². The fraction of sp³-hybridized carbons (Fsp3) is 0.308. The van der Waals surface area contributed by atoms with Gasteiger partial charge in [0, 0.05) is 11.8 Å². The van der Waals surface area contributed by atoms with Crippen LogP contribution in [0.1, 0.15) is 58.7 Å². The van der Waals surface area contributed by atoms with Gasteiger partial charge < -0.3 is 10.6 Å². The minimum absolute atomic E-state index is 0.0962. The zero-order chi connectivity index (χ0) is 24.7. The van der Waals surface area contributed by atoms with Gasteiger partial charge in [-0.25, -0.2) is 0 Å². The minimum Gasteiger partial charge on any atom is -0.300 e. The van der Waals surface area contributed by atoms with Crippen LogP contribution >= 0.6 is 22.7 Å². The Hall–Kier alpha value is -3.50. The van der Waals surface area contributed by atoms with Crippen LogP contribution in [0.15, 0.2) is 60.7 Å². The molecule has 2 aromatic heterocycles. The molecule has 8 nitrogen and oxygen atoms in total. The molecule has 1 fully saturated rings. The highest BCUT2D eigenvalue weighted by molar-refractivity contribution is 7.15. The molecule has 36 heavy (non-hydrogen) atoms. The van der Waals surface area contributed by atoms with Gasteiger partial charge >= 0.3 is 0 Å². The largest absolute Gasteiger partial charge is 0.300 e. The smallest absolute Gasteiger partial charge is 0.230 e. The molecule has 184 valence electrons. The number of hydrogen-bond acceptors (Lipinski definition) is 8. The Balaban J connectivity index is 1.15. The molecule has 1 saturated carbocycles. The van der Waals surface area contributed by atoms with Crippen LogP contribution in [0.3, 0.4) is 0 Å². The standard InChI is InChI=1S/C26H26N6O2S2/c33-21(14-17-8-3-1-4-9-17)27-25-31-29-23(35-25)19-12-7-13-20(16-19)24-30-32-26(36-24)28-22(34)15-18-10-5-2-6-11-18/h1-6,8-11,19-20H,7,12-16H2,(H,27,31,33)(H,28,32,34)/t19-,20-/m1/s1. The molecule has 0 spiro atoms. The van der Waals surface area contributed by atoms with Crippen LogP contribution in [-0.2, 0) is 22.4 Å². The number of amides is 2. The lowest BCUT2D eigenvalue weighted by Gasteiger charge is -2.25. The second-order valence-corrected chi connectivity index (χ2v) is 10.9. The summed E-state index contributed by atoms with van der Waals surface area (Å²) in [6, 6.07) is 19.3. The van der Waals surface area contributed by atoms with Crippen molar-refractivity contribution in [2.75, 3.05) is 10.6 Å². The maximum Gasteiger partial charge on any atom is 0.230 e. The summed E-state index contributed by atoms with van der Waals surface area (Å²) in [5.74, 6) is 0.337. The van der Waals surface area contributed by atoms with Gasteiger partial charge in [0.2, 0.25) is 22.1 Å². The lowest BCUT2D eigenvalue weighted by molar-refractivity contribution is -0.116. The first-order valence-corrected chi connectivity index (χ1v) is 13.6. The fourth-order valence-electron chi connectivity index (χ4n) is 4.43. The summed E-state index contributed by atoms with van der Waals surface area (Å²) < 4.78 is 0. The number of carbonyl (C=O) groups is 2. The van der Waals surface area contributed by atoms with Crippen LogP contribution in [0.2, 0.25) is 0 Å². The summed E-state index contributed by atoms with van der Waals surface area (Å²) >= 11 is 2.89. The molecule has 10 heteroatoms. The van der Waals surface area contributed by atoms with Crippen molar-refractivity contribution in [1.29, 1.82) is 0 Å². The highest BCUT2D eigenvalue weighted by Crippen LogP contribution is 2.43. The van der Waals surface area contributed by atoms with Crippen molar-refractivity contribution >= 4 is 44.8 Å². The quantitative estimate of drug-likeness (QED) is 0.332. The maximum atomic E-state index is 12.4. The Bertz CT molecular complexity index is 1210. The fourth-order valence-corrected chi connectivity index (χ4v) is 6.24. The van der Waals surface area contributed by atoms with E-state index < -0.39 is 0 Å². The summed E-state index contributed by atoms with van der Waals surface area (Å²) in [6.07, 6.45) is 4.63.